The normalized spacial score (nSPS) is 16.7. The number of fused-ring (bicyclic) bond motifs is 1. The molecule has 1 aliphatic heterocycles. The van der Waals surface area contributed by atoms with Gasteiger partial charge in [0.25, 0.3) is 5.91 Å². The molecule has 27 heavy (non-hydrogen) atoms. The van der Waals surface area contributed by atoms with Crippen LogP contribution in [0.1, 0.15) is 22.6 Å². The Morgan fingerprint density at radius 3 is 2.89 bits per heavy atom. The highest BCUT2D eigenvalue weighted by atomic mass is 19.1. The minimum Gasteiger partial charge on any atom is -0.346 e. The number of halogens is 1. The summed E-state index contributed by atoms with van der Waals surface area (Å²) in [6.45, 7) is 2.90. The molecule has 1 fully saturated rings. The molecule has 3 aromatic rings. The van der Waals surface area contributed by atoms with Gasteiger partial charge in [-0.1, -0.05) is 0 Å². The molecule has 1 atom stereocenters. The van der Waals surface area contributed by atoms with Crippen LogP contribution in [0.15, 0.2) is 24.5 Å². The number of hydrogen-bond acceptors (Lipinski definition) is 5. The van der Waals surface area contributed by atoms with Crippen LogP contribution in [0.4, 0.5) is 4.39 Å². The van der Waals surface area contributed by atoms with Gasteiger partial charge in [0.2, 0.25) is 5.95 Å². The third kappa shape index (κ3) is 2.99. The van der Waals surface area contributed by atoms with Gasteiger partial charge in [0, 0.05) is 49.7 Å². The number of pyridine rings is 1. The first-order chi connectivity index (χ1) is 13.0. The van der Waals surface area contributed by atoms with Crippen molar-refractivity contribution in [2.75, 3.05) is 13.1 Å². The summed E-state index contributed by atoms with van der Waals surface area (Å²) in [4.78, 5) is 18.2. The molecule has 4 heterocycles. The summed E-state index contributed by atoms with van der Waals surface area (Å²) in [6.07, 6.45) is 6.18. The molecule has 0 bridgehead atoms. The zero-order chi connectivity index (χ0) is 19.1. The van der Waals surface area contributed by atoms with Crippen LogP contribution in [0.3, 0.4) is 0 Å². The Morgan fingerprint density at radius 2 is 2.22 bits per heavy atom. The molecule has 138 valence electrons. The van der Waals surface area contributed by atoms with E-state index in [1.165, 1.54) is 4.40 Å². The fourth-order valence-corrected chi connectivity index (χ4v) is 3.43. The van der Waals surface area contributed by atoms with Crippen LogP contribution < -0.4 is 5.32 Å². The Morgan fingerprint density at radius 1 is 1.41 bits per heavy atom. The van der Waals surface area contributed by atoms with Gasteiger partial charge in [-0.05, 0) is 25.5 Å². The van der Waals surface area contributed by atoms with Crippen molar-refractivity contribution in [2.45, 2.75) is 19.4 Å². The maximum Gasteiger partial charge on any atom is 0.274 e. The van der Waals surface area contributed by atoms with Gasteiger partial charge < -0.3 is 10.2 Å². The molecule has 8 nitrogen and oxygen atoms in total. The van der Waals surface area contributed by atoms with Crippen molar-refractivity contribution >= 4 is 11.6 Å². The highest BCUT2D eigenvalue weighted by Gasteiger charge is 2.26. The molecule has 0 radical (unpaired) electrons. The highest BCUT2D eigenvalue weighted by molar-refractivity contribution is 5.93. The van der Waals surface area contributed by atoms with E-state index >= 15 is 0 Å². The molecule has 9 heteroatoms. The zero-order valence-corrected chi connectivity index (χ0v) is 15.0. The molecular formula is C18H18FN7O. The summed E-state index contributed by atoms with van der Waals surface area (Å²) in [5.41, 5.74) is 2.62. The summed E-state index contributed by atoms with van der Waals surface area (Å²) in [5.74, 6) is -1.28. The minimum absolute atomic E-state index is 0.185. The fraction of sp³-hybridized carbons (Fsp3) is 0.333. The van der Waals surface area contributed by atoms with E-state index in [0.29, 0.717) is 25.2 Å². The van der Waals surface area contributed by atoms with Gasteiger partial charge in [0.15, 0.2) is 11.9 Å². The first kappa shape index (κ1) is 17.0. The number of imidazole rings is 1. The van der Waals surface area contributed by atoms with E-state index < -0.39 is 11.9 Å². The van der Waals surface area contributed by atoms with Crippen LogP contribution in [0.2, 0.25) is 0 Å². The van der Waals surface area contributed by atoms with E-state index in [-0.39, 0.29) is 11.7 Å². The van der Waals surface area contributed by atoms with Crippen molar-refractivity contribution in [3.63, 3.8) is 0 Å². The number of nitrogens with zero attached hydrogens (tertiary/aromatic N) is 6. The Labute approximate surface area is 154 Å². The Bertz CT molecular complexity index is 1080. The topological polar surface area (TPSA) is 91.2 Å². The van der Waals surface area contributed by atoms with Crippen molar-refractivity contribution < 1.29 is 9.18 Å². The molecule has 0 saturated carbocycles. The lowest BCUT2D eigenvalue weighted by Gasteiger charge is -2.10. The Balaban J connectivity index is 1.63. The molecule has 1 amide bonds. The SMILES string of the molecule is Cc1nn(C)cc1-c1ccc2nc(C(=O)NC3CCN(C#N)C3)c(F)n2c1. The maximum absolute atomic E-state index is 14.9. The van der Waals surface area contributed by atoms with E-state index in [1.807, 2.05) is 32.4 Å². The van der Waals surface area contributed by atoms with Crippen LogP contribution in [-0.2, 0) is 7.05 Å². The Kier molecular flexibility index (Phi) is 4.03. The van der Waals surface area contributed by atoms with Gasteiger partial charge in [-0.2, -0.15) is 14.8 Å². The van der Waals surface area contributed by atoms with Gasteiger partial charge in [-0.25, -0.2) is 4.98 Å². The van der Waals surface area contributed by atoms with E-state index in [1.54, 1.807) is 21.8 Å². The number of nitrogens with one attached hydrogen (secondary N) is 1. The van der Waals surface area contributed by atoms with E-state index in [9.17, 15) is 9.18 Å². The molecule has 1 unspecified atom stereocenters. The first-order valence-electron chi connectivity index (χ1n) is 8.60. The number of nitriles is 1. The second-order valence-corrected chi connectivity index (χ2v) is 6.70. The molecule has 0 aliphatic carbocycles. The van der Waals surface area contributed by atoms with Gasteiger partial charge in [-0.15, -0.1) is 0 Å². The third-order valence-electron chi connectivity index (χ3n) is 4.76. The predicted molar refractivity (Wildman–Crippen MR) is 95.1 cm³/mol. The van der Waals surface area contributed by atoms with Gasteiger partial charge in [0.1, 0.15) is 5.65 Å². The number of likely N-dealkylation sites (tertiary alicyclic amines) is 1. The van der Waals surface area contributed by atoms with E-state index in [4.69, 9.17) is 5.26 Å². The molecule has 4 rings (SSSR count). The monoisotopic (exact) mass is 367 g/mol. The second-order valence-electron chi connectivity index (χ2n) is 6.70. The molecule has 1 saturated heterocycles. The van der Waals surface area contributed by atoms with Gasteiger partial charge >= 0.3 is 0 Å². The minimum atomic E-state index is -0.707. The lowest BCUT2D eigenvalue weighted by Crippen LogP contribution is -2.37. The summed E-state index contributed by atoms with van der Waals surface area (Å²) in [5, 5.41) is 16.0. The Hall–Kier alpha value is -3.41. The summed E-state index contributed by atoms with van der Waals surface area (Å²) in [7, 11) is 1.83. The summed E-state index contributed by atoms with van der Waals surface area (Å²) < 4.78 is 17.8. The number of aryl methyl sites for hydroxylation is 2. The lowest BCUT2D eigenvalue weighted by atomic mass is 10.1. The predicted octanol–water partition coefficient (Wildman–Crippen LogP) is 1.47. The number of amides is 1. The van der Waals surface area contributed by atoms with Crippen molar-refractivity contribution in [3.8, 4) is 17.3 Å². The molecule has 0 aromatic carbocycles. The lowest BCUT2D eigenvalue weighted by molar-refractivity contribution is 0.0929. The molecule has 1 aliphatic rings. The average Bonchev–Trinajstić information content (AvgIpc) is 3.32. The van der Waals surface area contributed by atoms with Crippen LogP contribution >= 0.6 is 0 Å². The molecular weight excluding hydrogens is 349 g/mol. The van der Waals surface area contributed by atoms with E-state index in [0.717, 1.165) is 16.8 Å². The van der Waals surface area contributed by atoms with Crippen LogP contribution in [-0.4, -0.2) is 49.1 Å². The van der Waals surface area contributed by atoms with E-state index in [2.05, 4.69) is 15.4 Å². The standard InChI is InChI=1S/C18H18FN7O/c1-11-14(9-24(2)23-11)12-3-4-15-22-16(17(19)26(15)7-12)18(27)21-13-5-6-25(8-13)10-20/h3-4,7,9,13H,5-6,8H2,1-2H3,(H,21,27). The summed E-state index contributed by atoms with van der Waals surface area (Å²) >= 11 is 0. The van der Waals surface area contributed by atoms with Crippen molar-refractivity contribution in [1.29, 1.82) is 5.26 Å². The largest absolute Gasteiger partial charge is 0.346 e. The average molecular weight is 367 g/mol. The molecule has 1 N–H and O–H groups in total. The smallest absolute Gasteiger partial charge is 0.274 e. The second kappa shape index (κ2) is 6.39. The number of carbonyl (C=O) groups excluding carboxylic acids is 1. The van der Waals surface area contributed by atoms with Gasteiger partial charge in [0.05, 0.1) is 5.69 Å². The summed E-state index contributed by atoms with van der Waals surface area (Å²) in [6, 6.07) is 3.32. The van der Waals surface area contributed by atoms with Gasteiger partial charge in [-0.3, -0.25) is 13.9 Å². The number of rotatable bonds is 3. The van der Waals surface area contributed by atoms with Crippen molar-refractivity contribution in [3.05, 3.63) is 41.9 Å². The van der Waals surface area contributed by atoms with Crippen molar-refractivity contribution in [1.82, 2.24) is 29.4 Å². The number of carbonyl (C=O) groups is 1. The van der Waals surface area contributed by atoms with Crippen LogP contribution in [0.5, 0.6) is 0 Å². The maximum atomic E-state index is 14.9. The number of hydrogen-bond donors (Lipinski definition) is 1. The first-order valence-corrected chi connectivity index (χ1v) is 8.60. The van der Waals surface area contributed by atoms with Crippen LogP contribution in [0.25, 0.3) is 16.8 Å². The third-order valence-corrected chi connectivity index (χ3v) is 4.76. The van der Waals surface area contributed by atoms with Crippen LogP contribution in [0, 0.1) is 24.3 Å². The molecule has 3 aromatic heterocycles. The van der Waals surface area contributed by atoms with Crippen molar-refractivity contribution in [2.24, 2.45) is 7.05 Å². The molecule has 0 spiro atoms. The quantitative estimate of drug-likeness (QED) is 0.708. The number of aromatic nitrogens is 4. The zero-order valence-electron chi connectivity index (χ0n) is 15.0. The highest BCUT2D eigenvalue weighted by Crippen LogP contribution is 2.24. The fourth-order valence-electron chi connectivity index (χ4n) is 3.43.